The zero-order chi connectivity index (χ0) is 22.5. The van der Waals surface area contributed by atoms with Crippen LogP contribution in [-0.2, 0) is 17.9 Å². The summed E-state index contributed by atoms with van der Waals surface area (Å²) in [6.07, 6.45) is 1.72. The standard InChI is InChI=1S/C25H20INO4S/c1-30-21-13-19(12-20(26)23(21)31-16-18-10-6-3-7-11-18)14-22-24(28)27(25(29)32-22)15-17-8-4-2-5-9-17/h2-14H,15-16H2,1H3/b22-14-. The Morgan fingerprint density at radius 3 is 2.28 bits per heavy atom. The molecule has 1 aliphatic rings. The topological polar surface area (TPSA) is 55.8 Å². The van der Waals surface area contributed by atoms with E-state index >= 15 is 0 Å². The van der Waals surface area contributed by atoms with E-state index in [0.717, 1.165) is 32.0 Å². The summed E-state index contributed by atoms with van der Waals surface area (Å²) in [5.41, 5.74) is 2.73. The molecule has 0 spiro atoms. The maximum Gasteiger partial charge on any atom is 0.293 e. The third-order valence-electron chi connectivity index (χ3n) is 4.83. The van der Waals surface area contributed by atoms with Gasteiger partial charge in [-0.25, -0.2) is 0 Å². The minimum absolute atomic E-state index is 0.260. The van der Waals surface area contributed by atoms with Gasteiger partial charge in [0.25, 0.3) is 11.1 Å². The fourth-order valence-corrected chi connectivity index (χ4v) is 4.87. The van der Waals surface area contributed by atoms with Crippen LogP contribution in [0.4, 0.5) is 4.79 Å². The summed E-state index contributed by atoms with van der Waals surface area (Å²) in [6, 6.07) is 23.1. The number of methoxy groups -OCH3 is 1. The number of carbonyl (C=O) groups is 2. The smallest absolute Gasteiger partial charge is 0.293 e. The van der Waals surface area contributed by atoms with Crippen LogP contribution >= 0.6 is 34.4 Å². The third kappa shape index (κ3) is 5.16. The molecule has 0 radical (unpaired) electrons. The molecule has 0 aromatic heterocycles. The highest BCUT2D eigenvalue weighted by Crippen LogP contribution is 2.38. The van der Waals surface area contributed by atoms with E-state index in [2.05, 4.69) is 22.6 Å². The second kappa shape index (κ2) is 10.2. The molecule has 0 saturated carbocycles. The molecule has 0 aliphatic carbocycles. The van der Waals surface area contributed by atoms with Gasteiger partial charge in [0, 0.05) is 0 Å². The van der Waals surface area contributed by atoms with E-state index in [0.29, 0.717) is 23.0 Å². The number of nitrogens with zero attached hydrogens (tertiary/aromatic N) is 1. The quantitative estimate of drug-likeness (QED) is 0.259. The maximum absolute atomic E-state index is 12.8. The van der Waals surface area contributed by atoms with Crippen molar-refractivity contribution in [3.63, 3.8) is 0 Å². The van der Waals surface area contributed by atoms with Gasteiger partial charge >= 0.3 is 0 Å². The van der Waals surface area contributed by atoms with Crippen molar-refractivity contribution in [3.8, 4) is 11.5 Å². The molecule has 0 N–H and O–H groups in total. The Kier molecular flexibility index (Phi) is 7.16. The molecule has 1 saturated heterocycles. The zero-order valence-electron chi connectivity index (χ0n) is 17.3. The van der Waals surface area contributed by atoms with Crippen molar-refractivity contribution in [1.29, 1.82) is 0 Å². The Morgan fingerprint density at radius 1 is 0.969 bits per heavy atom. The highest BCUT2D eigenvalue weighted by Gasteiger charge is 2.35. The molecule has 162 valence electrons. The van der Waals surface area contributed by atoms with Crippen molar-refractivity contribution in [2.24, 2.45) is 0 Å². The third-order valence-corrected chi connectivity index (χ3v) is 6.54. The van der Waals surface area contributed by atoms with Gasteiger partial charge in [-0.05, 0) is 69.3 Å². The number of benzene rings is 3. The number of thioether (sulfide) groups is 1. The predicted molar refractivity (Wildman–Crippen MR) is 134 cm³/mol. The number of amides is 2. The molecular weight excluding hydrogens is 537 g/mol. The van der Waals surface area contributed by atoms with Crippen molar-refractivity contribution in [2.45, 2.75) is 13.2 Å². The van der Waals surface area contributed by atoms with E-state index in [1.54, 1.807) is 13.2 Å². The molecule has 3 aromatic rings. The number of halogens is 1. The molecular formula is C25H20INO4S. The number of hydrogen-bond donors (Lipinski definition) is 0. The van der Waals surface area contributed by atoms with Crippen LogP contribution in [0.2, 0.25) is 0 Å². The molecule has 0 bridgehead atoms. The van der Waals surface area contributed by atoms with Gasteiger partial charge in [-0.15, -0.1) is 0 Å². The Bertz CT molecular complexity index is 1170. The lowest BCUT2D eigenvalue weighted by Crippen LogP contribution is -2.27. The highest BCUT2D eigenvalue weighted by molar-refractivity contribution is 14.1. The van der Waals surface area contributed by atoms with Crippen molar-refractivity contribution in [2.75, 3.05) is 7.11 Å². The van der Waals surface area contributed by atoms with E-state index in [1.807, 2.05) is 72.8 Å². The lowest BCUT2D eigenvalue weighted by Gasteiger charge is -2.14. The SMILES string of the molecule is COc1cc(/C=C2\SC(=O)N(Cc3ccccc3)C2=O)cc(I)c1OCc1ccccc1. The maximum atomic E-state index is 12.8. The number of hydrogen-bond acceptors (Lipinski definition) is 5. The molecule has 3 aromatic carbocycles. The second-order valence-corrected chi connectivity index (χ2v) is 9.22. The Hall–Kier alpha value is -2.78. The average Bonchev–Trinajstić information content (AvgIpc) is 3.06. The highest BCUT2D eigenvalue weighted by atomic mass is 127. The first-order valence-corrected chi connectivity index (χ1v) is 11.8. The van der Waals surface area contributed by atoms with Gasteiger partial charge in [0.2, 0.25) is 0 Å². The van der Waals surface area contributed by atoms with Crippen molar-refractivity contribution in [1.82, 2.24) is 4.90 Å². The average molecular weight is 557 g/mol. The molecule has 4 rings (SSSR count). The van der Waals surface area contributed by atoms with Crippen molar-refractivity contribution < 1.29 is 19.1 Å². The lowest BCUT2D eigenvalue weighted by molar-refractivity contribution is -0.123. The summed E-state index contributed by atoms with van der Waals surface area (Å²) in [6.45, 7) is 0.681. The molecule has 5 nitrogen and oxygen atoms in total. The fraction of sp³-hybridized carbons (Fsp3) is 0.120. The monoisotopic (exact) mass is 557 g/mol. The first-order valence-electron chi connectivity index (χ1n) is 9.88. The van der Waals surface area contributed by atoms with E-state index < -0.39 is 0 Å². The molecule has 32 heavy (non-hydrogen) atoms. The van der Waals surface area contributed by atoms with E-state index in [-0.39, 0.29) is 17.7 Å². The lowest BCUT2D eigenvalue weighted by atomic mass is 10.1. The van der Waals surface area contributed by atoms with Gasteiger partial charge in [0.1, 0.15) is 6.61 Å². The normalized spacial score (nSPS) is 14.8. The summed E-state index contributed by atoms with van der Waals surface area (Å²) in [4.78, 5) is 26.9. The summed E-state index contributed by atoms with van der Waals surface area (Å²) in [5.74, 6) is 0.927. The summed E-state index contributed by atoms with van der Waals surface area (Å²) in [5, 5.41) is -0.269. The molecule has 2 amide bonds. The van der Waals surface area contributed by atoms with Gasteiger partial charge in [0.15, 0.2) is 11.5 Å². The molecule has 0 unspecified atom stereocenters. The van der Waals surface area contributed by atoms with Gasteiger partial charge in [-0.1, -0.05) is 60.7 Å². The van der Waals surface area contributed by atoms with Gasteiger partial charge in [-0.3, -0.25) is 14.5 Å². The second-order valence-electron chi connectivity index (χ2n) is 7.06. The minimum atomic E-state index is -0.290. The Labute approximate surface area is 204 Å². The first-order chi connectivity index (χ1) is 15.5. The van der Waals surface area contributed by atoms with Crippen LogP contribution < -0.4 is 9.47 Å². The van der Waals surface area contributed by atoms with Crippen LogP contribution in [0.15, 0.2) is 77.7 Å². The van der Waals surface area contributed by atoms with Gasteiger partial charge in [0.05, 0.1) is 22.1 Å². The summed E-state index contributed by atoms with van der Waals surface area (Å²) in [7, 11) is 1.58. The number of carbonyl (C=O) groups excluding carboxylic acids is 2. The van der Waals surface area contributed by atoms with Crippen molar-refractivity contribution in [3.05, 3.63) is 98.0 Å². The molecule has 1 aliphatic heterocycles. The largest absolute Gasteiger partial charge is 0.493 e. The number of ether oxygens (including phenoxy) is 2. The molecule has 7 heteroatoms. The Balaban J connectivity index is 1.54. The van der Waals surface area contributed by atoms with Crippen LogP contribution in [0.3, 0.4) is 0 Å². The minimum Gasteiger partial charge on any atom is -0.493 e. The van der Waals surface area contributed by atoms with Crippen molar-refractivity contribution >= 4 is 51.6 Å². The predicted octanol–water partition coefficient (Wildman–Crippen LogP) is 6.12. The van der Waals surface area contributed by atoms with Crippen LogP contribution in [0.5, 0.6) is 11.5 Å². The molecule has 0 atom stereocenters. The van der Waals surface area contributed by atoms with Crippen LogP contribution in [-0.4, -0.2) is 23.2 Å². The summed E-state index contributed by atoms with van der Waals surface area (Å²) < 4.78 is 12.4. The van der Waals surface area contributed by atoms with Gasteiger partial charge in [-0.2, -0.15) is 0 Å². The van der Waals surface area contributed by atoms with E-state index in [1.165, 1.54) is 4.90 Å². The van der Waals surface area contributed by atoms with Crippen LogP contribution in [0.1, 0.15) is 16.7 Å². The molecule has 1 fully saturated rings. The van der Waals surface area contributed by atoms with E-state index in [9.17, 15) is 9.59 Å². The molecule has 1 heterocycles. The van der Waals surface area contributed by atoms with Crippen LogP contribution in [0.25, 0.3) is 6.08 Å². The Morgan fingerprint density at radius 2 is 1.62 bits per heavy atom. The number of imide groups is 1. The van der Waals surface area contributed by atoms with Crippen LogP contribution in [0, 0.1) is 3.57 Å². The van der Waals surface area contributed by atoms with E-state index in [4.69, 9.17) is 9.47 Å². The fourth-order valence-electron chi connectivity index (χ4n) is 3.25. The summed E-state index contributed by atoms with van der Waals surface area (Å²) >= 11 is 3.14. The van der Waals surface area contributed by atoms with Gasteiger partial charge < -0.3 is 9.47 Å². The first kappa shape index (κ1) is 22.4. The zero-order valence-corrected chi connectivity index (χ0v) is 20.3. The number of rotatable bonds is 7.